The maximum absolute atomic E-state index is 12.3. The quantitative estimate of drug-likeness (QED) is 0.507. The third kappa shape index (κ3) is 3.65. The normalized spacial score (nSPS) is 12.0. The summed E-state index contributed by atoms with van der Waals surface area (Å²) in [5, 5.41) is 4.06. The highest BCUT2D eigenvalue weighted by Crippen LogP contribution is 2.34. The summed E-state index contributed by atoms with van der Waals surface area (Å²) in [6.45, 7) is 3.71. The number of rotatable bonds is 5. The van der Waals surface area contributed by atoms with Crippen molar-refractivity contribution in [3.05, 3.63) is 48.1 Å². The van der Waals surface area contributed by atoms with Crippen molar-refractivity contribution in [1.29, 1.82) is 0 Å². The summed E-state index contributed by atoms with van der Waals surface area (Å²) in [6.07, 6.45) is 2.72. The van der Waals surface area contributed by atoms with Crippen LogP contribution >= 0.6 is 11.3 Å². The minimum atomic E-state index is -3.47. The van der Waals surface area contributed by atoms with E-state index in [0.717, 1.165) is 21.6 Å². The molecule has 8 heteroatoms. The summed E-state index contributed by atoms with van der Waals surface area (Å²) in [5.41, 5.74) is 5.01. The first kappa shape index (κ1) is 18.6. The van der Waals surface area contributed by atoms with Crippen LogP contribution in [0.3, 0.4) is 0 Å². The van der Waals surface area contributed by atoms with Crippen LogP contribution in [0.2, 0.25) is 0 Å². The summed E-state index contributed by atoms with van der Waals surface area (Å²) >= 11 is 1.59. The lowest BCUT2D eigenvalue weighted by molar-refractivity contribution is 0.236. The van der Waals surface area contributed by atoms with Crippen LogP contribution in [0.1, 0.15) is 13.8 Å². The Bertz CT molecular complexity index is 1280. The van der Waals surface area contributed by atoms with Crippen molar-refractivity contribution in [1.82, 2.24) is 9.97 Å². The molecular formula is C20H19N3O3S2. The van der Waals surface area contributed by atoms with Crippen LogP contribution in [0.4, 0.5) is 11.4 Å². The van der Waals surface area contributed by atoms with E-state index in [1.165, 1.54) is 6.26 Å². The Morgan fingerprint density at radius 1 is 1.07 bits per heavy atom. The van der Waals surface area contributed by atoms with Crippen LogP contribution in [-0.2, 0) is 9.84 Å². The lowest BCUT2D eigenvalue weighted by Crippen LogP contribution is -2.10. The molecule has 4 aromatic rings. The van der Waals surface area contributed by atoms with E-state index >= 15 is 0 Å². The molecule has 0 saturated heterocycles. The fraction of sp³-hybridized carbons (Fsp3) is 0.200. The van der Waals surface area contributed by atoms with Gasteiger partial charge in [-0.2, -0.15) is 0 Å². The molecular weight excluding hydrogens is 394 g/mol. The number of benzene rings is 2. The maximum Gasteiger partial charge on any atom is 0.179 e. The number of hydrogen-bond donors (Lipinski definition) is 1. The topological polar surface area (TPSA) is 81.2 Å². The predicted octanol–water partition coefficient (Wildman–Crippen LogP) is 4.78. The van der Waals surface area contributed by atoms with Gasteiger partial charge >= 0.3 is 0 Å². The van der Waals surface area contributed by atoms with Crippen molar-refractivity contribution in [2.24, 2.45) is 0 Å². The highest BCUT2D eigenvalue weighted by atomic mass is 32.2. The molecule has 0 unspecified atom stereocenters. The van der Waals surface area contributed by atoms with Crippen molar-refractivity contribution in [2.45, 2.75) is 24.8 Å². The Hall–Kier alpha value is -2.71. The molecule has 2 aromatic carbocycles. The average molecular weight is 414 g/mol. The van der Waals surface area contributed by atoms with Crippen LogP contribution < -0.4 is 10.1 Å². The molecule has 4 rings (SSSR count). The Kier molecular flexibility index (Phi) is 4.68. The van der Waals surface area contributed by atoms with Gasteiger partial charge in [0.2, 0.25) is 0 Å². The molecule has 144 valence electrons. The van der Waals surface area contributed by atoms with Crippen LogP contribution in [-0.4, -0.2) is 30.7 Å². The lowest BCUT2D eigenvalue weighted by atomic mass is 10.1. The lowest BCUT2D eigenvalue weighted by Gasteiger charge is -2.16. The van der Waals surface area contributed by atoms with Crippen LogP contribution in [0.25, 0.3) is 21.1 Å². The Balaban J connectivity index is 1.84. The Morgan fingerprint density at radius 3 is 2.64 bits per heavy atom. The van der Waals surface area contributed by atoms with E-state index in [0.29, 0.717) is 16.7 Å². The molecule has 0 amide bonds. The zero-order valence-corrected chi connectivity index (χ0v) is 17.3. The summed E-state index contributed by atoms with van der Waals surface area (Å²) in [4.78, 5) is 8.88. The van der Waals surface area contributed by atoms with Crippen LogP contribution in [0.5, 0.6) is 5.75 Å². The highest BCUT2D eigenvalue weighted by molar-refractivity contribution is 7.90. The molecule has 0 aliphatic heterocycles. The van der Waals surface area contributed by atoms with Gasteiger partial charge in [-0.25, -0.2) is 13.4 Å². The zero-order chi connectivity index (χ0) is 19.9. The van der Waals surface area contributed by atoms with Crippen LogP contribution in [0, 0.1) is 0 Å². The van der Waals surface area contributed by atoms with E-state index < -0.39 is 9.84 Å². The number of fused-ring (bicyclic) bond motifs is 2. The molecule has 0 fully saturated rings. The molecule has 28 heavy (non-hydrogen) atoms. The second-order valence-corrected chi connectivity index (χ2v) is 9.64. The molecule has 2 aromatic heterocycles. The number of aromatic nitrogens is 2. The third-order valence-electron chi connectivity index (χ3n) is 4.18. The van der Waals surface area contributed by atoms with Gasteiger partial charge in [0.15, 0.2) is 9.84 Å². The number of sulfone groups is 1. The van der Waals surface area contributed by atoms with Gasteiger partial charge in [0.1, 0.15) is 10.6 Å². The number of thiazole rings is 1. The molecule has 0 bridgehead atoms. The zero-order valence-electron chi connectivity index (χ0n) is 15.6. The van der Waals surface area contributed by atoms with E-state index in [1.807, 2.05) is 43.6 Å². The fourth-order valence-corrected chi connectivity index (χ4v) is 4.45. The summed E-state index contributed by atoms with van der Waals surface area (Å²) < 4.78 is 31.5. The minimum Gasteiger partial charge on any atom is -0.490 e. The standard InChI is InChI=1S/C20H19N3O3S2/c1-12(2)26-18-10-16-14(9-20(18)28(3,24)25)15(6-7-21-16)23-13-4-5-19-17(8-13)22-11-27-19/h4-12H,1-3H3,(H,21,23). The molecule has 0 saturated carbocycles. The third-order valence-corrected chi connectivity index (χ3v) is 6.11. The van der Waals surface area contributed by atoms with Gasteiger partial charge in [0, 0.05) is 35.3 Å². The van der Waals surface area contributed by atoms with E-state index in [-0.39, 0.29) is 11.0 Å². The summed E-state index contributed by atoms with van der Waals surface area (Å²) in [6, 6.07) is 11.1. The molecule has 2 heterocycles. The Morgan fingerprint density at radius 2 is 1.89 bits per heavy atom. The number of pyridine rings is 1. The van der Waals surface area contributed by atoms with Crippen molar-refractivity contribution in [3.63, 3.8) is 0 Å². The molecule has 0 aliphatic carbocycles. The second-order valence-electron chi connectivity index (χ2n) is 6.77. The number of anilines is 2. The van der Waals surface area contributed by atoms with Crippen molar-refractivity contribution in [2.75, 3.05) is 11.6 Å². The molecule has 1 N–H and O–H groups in total. The smallest absolute Gasteiger partial charge is 0.179 e. The summed E-state index contributed by atoms with van der Waals surface area (Å²) in [5.74, 6) is 0.318. The number of hydrogen-bond acceptors (Lipinski definition) is 7. The van der Waals surface area contributed by atoms with E-state index in [2.05, 4.69) is 15.3 Å². The monoisotopic (exact) mass is 413 g/mol. The number of nitrogens with zero attached hydrogens (tertiary/aromatic N) is 2. The van der Waals surface area contributed by atoms with Crippen molar-refractivity contribution < 1.29 is 13.2 Å². The van der Waals surface area contributed by atoms with Crippen LogP contribution in [0.15, 0.2) is 53.0 Å². The van der Waals surface area contributed by atoms with E-state index in [1.54, 1.807) is 29.7 Å². The molecule has 0 radical (unpaired) electrons. The number of nitrogens with one attached hydrogen (secondary N) is 1. The first-order chi connectivity index (χ1) is 13.3. The summed E-state index contributed by atoms with van der Waals surface area (Å²) in [7, 11) is -3.47. The highest BCUT2D eigenvalue weighted by Gasteiger charge is 2.19. The van der Waals surface area contributed by atoms with E-state index in [9.17, 15) is 8.42 Å². The fourth-order valence-electron chi connectivity index (χ4n) is 2.99. The van der Waals surface area contributed by atoms with Crippen molar-refractivity contribution in [3.8, 4) is 5.75 Å². The van der Waals surface area contributed by atoms with E-state index in [4.69, 9.17) is 4.74 Å². The van der Waals surface area contributed by atoms with Gasteiger partial charge in [0.05, 0.1) is 27.3 Å². The first-order valence-corrected chi connectivity index (χ1v) is 11.5. The van der Waals surface area contributed by atoms with Gasteiger partial charge < -0.3 is 10.1 Å². The first-order valence-electron chi connectivity index (χ1n) is 8.71. The maximum atomic E-state index is 12.3. The second kappa shape index (κ2) is 7.03. The molecule has 0 spiro atoms. The van der Waals surface area contributed by atoms with Gasteiger partial charge in [-0.15, -0.1) is 11.3 Å². The van der Waals surface area contributed by atoms with Gasteiger partial charge in [0.25, 0.3) is 0 Å². The van der Waals surface area contributed by atoms with Gasteiger partial charge in [-0.1, -0.05) is 0 Å². The van der Waals surface area contributed by atoms with Gasteiger partial charge in [-0.05, 0) is 44.2 Å². The van der Waals surface area contributed by atoms with Gasteiger partial charge in [-0.3, -0.25) is 4.98 Å². The molecule has 0 atom stereocenters. The average Bonchev–Trinajstić information content (AvgIpc) is 3.07. The predicted molar refractivity (Wildman–Crippen MR) is 114 cm³/mol. The minimum absolute atomic E-state index is 0.149. The largest absolute Gasteiger partial charge is 0.490 e. The van der Waals surface area contributed by atoms with Crippen molar-refractivity contribution >= 4 is 53.7 Å². The molecule has 0 aliphatic rings. The SMILES string of the molecule is CC(C)Oc1cc2nccc(Nc3ccc4scnc4c3)c2cc1S(C)(=O)=O. The Labute approximate surface area is 167 Å². The number of ether oxygens (including phenoxy) is 1. The molecule has 6 nitrogen and oxygen atoms in total.